The number of carbonyl (C=O) groups excluding carboxylic acids is 1. The molecule has 4 rings (SSSR count). The molecule has 0 spiro atoms. The zero-order chi connectivity index (χ0) is 25.5. The number of carbonyl (C=O) groups is 1. The van der Waals surface area contributed by atoms with Crippen molar-refractivity contribution in [2.45, 2.75) is 18.2 Å². The van der Waals surface area contributed by atoms with Gasteiger partial charge in [0, 0.05) is 12.6 Å². The van der Waals surface area contributed by atoms with Crippen LogP contribution in [0.4, 0.5) is 5.69 Å². The lowest BCUT2D eigenvalue weighted by Gasteiger charge is -2.24. The van der Waals surface area contributed by atoms with Crippen LogP contribution in [0, 0.1) is 18.3 Å². The van der Waals surface area contributed by atoms with E-state index >= 15 is 0 Å². The molecule has 0 saturated carbocycles. The lowest BCUT2D eigenvalue weighted by Crippen LogP contribution is -2.32. The van der Waals surface area contributed by atoms with E-state index in [2.05, 4.69) is 4.99 Å². The predicted octanol–water partition coefficient (Wildman–Crippen LogP) is 5.11. The third-order valence-corrected chi connectivity index (χ3v) is 7.29. The molecule has 8 heteroatoms. The maximum Gasteiger partial charge on any atom is 0.363 e. The third-order valence-electron chi connectivity index (χ3n) is 5.45. The van der Waals surface area contributed by atoms with Gasteiger partial charge in [0.2, 0.25) is 5.90 Å². The van der Waals surface area contributed by atoms with Crippen LogP contribution in [0.5, 0.6) is 0 Å². The number of esters is 1. The Bertz CT molecular complexity index is 1500. The Morgan fingerprint density at radius 3 is 2.36 bits per heavy atom. The average Bonchev–Trinajstić information content (AvgIpc) is 3.24. The number of sulfonamides is 1. The van der Waals surface area contributed by atoms with Gasteiger partial charge in [-0.05, 0) is 60.0 Å². The molecule has 1 aliphatic heterocycles. The van der Waals surface area contributed by atoms with Gasteiger partial charge in [0.05, 0.1) is 23.1 Å². The van der Waals surface area contributed by atoms with Gasteiger partial charge in [-0.2, -0.15) is 5.26 Å². The van der Waals surface area contributed by atoms with Crippen LogP contribution in [-0.2, 0) is 19.6 Å². The van der Waals surface area contributed by atoms with Crippen molar-refractivity contribution in [1.29, 1.82) is 5.26 Å². The fraction of sp³-hybridized carbons (Fsp3) is 0.107. The number of anilines is 1. The first kappa shape index (κ1) is 24.6. The summed E-state index contributed by atoms with van der Waals surface area (Å²) in [7, 11) is -3.86. The Morgan fingerprint density at radius 2 is 1.69 bits per heavy atom. The van der Waals surface area contributed by atoms with Crippen LogP contribution in [0.25, 0.3) is 12.2 Å². The van der Waals surface area contributed by atoms with Crippen molar-refractivity contribution in [2.75, 3.05) is 10.8 Å². The lowest BCUT2D eigenvalue weighted by atomic mass is 10.1. The Labute approximate surface area is 210 Å². The second-order valence-corrected chi connectivity index (χ2v) is 9.81. The average molecular weight is 498 g/mol. The minimum absolute atomic E-state index is 0.0152. The predicted molar refractivity (Wildman–Crippen MR) is 139 cm³/mol. The Balaban J connectivity index is 1.61. The number of nitriles is 1. The van der Waals surface area contributed by atoms with Crippen molar-refractivity contribution in [1.82, 2.24) is 0 Å². The second kappa shape index (κ2) is 10.8. The Hall–Kier alpha value is -4.48. The smallest absolute Gasteiger partial charge is 0.363 e. The van der Waals surface area contributed by atoms with E-state index in [1.807, 2.05) is 43.3 Å². The molecule has 3 aromatic carbocycles. The number of cyclic esters (lactones) is 1. The number of hydrogen-bond acceptors (Lipinski definition) is 6. The topological polar surface area (TPSA) is 99.8 Å². The quantitative estimate of drug-likeness (QED) is 0.318. The summed E-state index contributed by atoms with van der Waals surface area (Å²) in [5.41, 5.74) is 2.96. The third kappa shape index (κ3) is 5.59. The normalized spacial score (nSPS) is 14.5. The summed E-state index contributed by atoms with van der Waals surface area (Å²) >= 11 is 0. The molecule has 0 N–H and O–H groups in total. The highest BCUT2D eigenvalue weighted by atomic mass is 32.2. The van der Waals surface area contributed by atoms with Crippen LogP contribution < -0.4 is 4.31 Å². The number of aliphatic imine (C=N–C) groups is 1. The molecular formula is C28H23N3O4S. The van der Waals surface area contributed by atoms with Crippen LogP contribution in [-0.4, -0.2) is 26.8 Å². The molecule has 0 aromatic heterocycles. The molecular weight excluding hydrogens is 474 g/mol. The highest BCUT2D eigenvalue weighted by molar-refractivity contribution is 7.92. The molecule has 0 bridgehead atoms. The van der Waals surface area contributed by atoms with E-state index in [9.17, 15) is 13.2 Å². The summed E-state index contributed by atoms with van der Waals surface area (Å²) in [6.45, 7) is 1.83. The minimum atomic E-state index is -3.86. The molecule has 0 fully saturated rings. The number of aryl methyl sites for hydroxylation is 1. The van der Waals surface area contributed by atoms with Gasteiger partial charge in [0.25, 0.3) is 10.0 Å². The molecule has 180 valence electrons. The highest BCUT2D eigenvalue weighted by Gasteiger charge is 2.25. The molecule has 7 nitrogen and oxygen atoms in total. The van der Waals surface area contributed by atoms with Crippen molar-refractivity contribution in [2.24, 2.45) is 4.99 Å². The van der Waals surface area contributed by atoms with Gasteiger partial charge in [-0.3, -0.25) is 4.31 Å². The molecule has 3 aromatic rings. The van der Waals surface area contributed by atoms with Gasteiger partial charge in [-0.25, -0.2) is 18.2 Å². The van der Waals surface area contributed by atoms with Gasteiger partial charge in [-0.15, -0.1) is 0 Å². The summed E-state index contributed by atoms with van der Waals surface area (Å²) in [5.74, 6) is -0.366. The zero-order valence-electron chi connectivity index (χ0n) is 19.5. The van der Waals surface area contributed by atoms with E-state index in [0.29, 0.717) is 11.3 Å². The van der Waals surface area contributed by atoms with E-state index < -0.39 is 16.0 Å². The van der Waals surface area contributed by atoms with Crippen LogP contribution in [0.2, 0.25) is 0 Å². The van der Waals surface area contributed by atoms with Crippen molar-refractivity contribution in [3.8, 4) is 6.07 Å². The fourth-order valence-corrected chi connectivity index (χ4v) is 5.09. The molecule has 0 amide bonds. The van der Waals surface area contributed by atoms with Crippen LogP contribution in [0.1, 0.15) is 23.1 Å². The first-order valence-electron chi connectivity index (χ1n) is 11.2. The standard InChI is InChI=1S/C28H23N3O4S/c1-21-19-24(31(18-8-17-29)36(33,34)25-11-6-3-7-12-25)15-14-23(21)20-26-28(32)35-27(30-26)16-13-22-9-4-2-5-10-22/h2-7,9-16,19-20H,8,18H2,1H3. The molecule has 36 heavy (non-hydrogen) atoms. The maximum atomic E-state index is 13.3. The van der Waals surface area contributed by atoms with Gasteiger partial charge in [0.15, 0.2) is 5.70 Å². The number of benzene rings is 3. The number of nitrogens with zero attached hydrogens (tertiary/aromatic N) is 3. The largest absolute Gasteiger partial charge is 0.403 e. The summed E-state index contributed by atoms with van der Waals surface area (Å²) in [4.78, 5) is 16.8. The van der Waals surface area contributed by atoms with E-state index in [0.717, 1.165) is 11.1 Å². The summed E-state index contributed by atoms with van der Waals surface area (Å²) in [5, 5.41) is 9.07. The number of ether oxygens (including phenoxy) is 1. The maximum absolute atomic E-state index is 13.3. The van der Waals surface area contributed by atoms with Crippen molar-refractivity contribution in [3.05, 3.63) is 107 Å². The first-order valence-corrected chi connectivity index (χ1v) is 12.6. The van der Waals surface area contributed by atoms with E-state index in [4.69, 9.17) is 10.00 Å². The molecule has 0 saturated heterocycles. The Kier molecular flexibility index (Phi) is 7.42. The molecule has 0 atom stereocenters. The Morgan fingerprint density at radius 1 is 1.00 bits per heavy atom. The van der Waals surface area contributed by atoms with E-state index in [-0.39, 0.29) is 29.5 Å². The molecule has 1 aliphatic rings. The molecule has 0 aliphatic carbocycles. The fourth-order valence-electron chi connectivity index (χ4n) is 3.61. The van der Waals surface area contributed by atoms with Gasteiger partial charge in [-0.1, -0.05) is 54.6 Å². The van der Waals surface area contributed by atoms with E-state index in [1.165, 1.54) is 16.4 Å². The monoisotopic (exact) mass is 497 g/mol. The summed E-state index contributed by atoms with van der Waals surface area (Å²) < 4.78 is 33.0. The van der Waals surface area contributed by atoms with E-state index in [1.54, 1.807) is 54.6 Å². The van der Waals surface area contributed by atoms with Crippen molar-refractivity contribution < 1.29 is 17.9 Å². The number of hydrogen-bond donors (Lipinski definition) is 0. The molecule has 1 heterocycles. The van der Waals surface area contributed by atoms with Gasteiger partial charge >= 0.3 is 5.97 Å². The molecule has 0 unspecified atom stereocenters. The minimum Gasteiger partial charge on any atom is -0.403 e. The van der Waals surface area contributed by atoms with Crippen LogP contribution in [0.3, 0.4) is 0 Å². The first-order chi connectivity index (χ1) is 17.4. The molecule has 0 radical (unpaired) electrons. The number of rotatable bonds is 8. The SMILES string of the molecule is Cc1cc(N(CCC#N)S(=O)(=O)c2ccccc2)ccc1C=C1N=C(C=Cc2ccccc2)OC1=O. The second-order valence-electron chi connectivity index (χ2n) is 7.95. The van der Waals surface area contributed by atoms with Crippen LogP contribution >= 0.6 is 0 Å². The van der Waals surface area contributed by atoms with Crippen molar-refractivity contribution >= 4 is 39.7 Å². The summed E-state index contributed by atoms with van der Waals surface area (Å²) in [6.07, 6.45) is 5.08. The van der Waals surface area contributed by atoms with Crippen molar-refractivity contribution in [3.63, 3.8) is 0 Å². The van der Waals surface area contributed by atoms with Gasteiger partial charge in [0.1, 0.15) is 0 Å². The van der Waals surface area contributed by atoms with Gasteiger partial charge < -0.3 is 4.74 Å². The van der Waals surface area contributed by atoms with Crippen LogP contribution in [0.15, 0.2) is 101 Å². The summed E-state index contributed by atoms with van der Waals surface area (Å²) in [6, 6.07) is 24.8. The zero-order valence-corrected chi connectivity index (χ0v) is 20.4. The highest BCUT2D eigenvalue weighted by Crippen LogP contribution is 2.28. The lowest BCUT2D eigenvalue weighted by molar-refractivity contribution is -0.129.